The number of carbonyl (C=O) groups is 1. The molecule has 0 aliphatic carbocycles. The van der Waals surface area contributed by atoms with Crippen molar-refractivity contribution in [3.05, 3.63) is 24.0 Å². The quantitative estimate of drug-likeness (QED) is 0.817. The molecule has 0 saturated carbocycles. The number of amides is 1. The standard InChI is InChI=1S/C16H20F4N2O3/c1-10-6-22(7-11(2)25-10)14-4-3-12(5-13(14)17)21-15(23)8-24-9-16(18,19)20/h3-5,10-11H,6-9H2,1-2H3,(H,21,23). The average molecular weight is 364 g/mol. The molecule has 1 aliphatic heterocycles. The number of hydrogen-bond donors (Lipinski definition) is 1. The minimum atomic E-state index is -4.50. The molecular formula is C16H20F4N2O3. The number of halogens is 4. The summed E-state index contributed by atoms with van der Waals surface area (Å²) in [6.45, 7) is 2.60. The number of alkyl halides is 3. The van der Waals surface area contributed by atoms with Crippen LogP contribution in [0.5, 0.6) is 0 Å². The molecule has 0 spiro atoms. The Balaban J connectivity index is 1.94. The molecule has 5 nitrogen and oxygen atoms in total. The van der Waals surface area contributed by atoms with Gasteiger partial charge in [-0.3, -0.25) is 4.79 Å². The molecule has 1 saturated heterocycles. The normalized spacial score (nSPS) is 21.3. The van der Waals surface area contributed by atoms with Crippen LogP contribution in [0.2, 0.25) is 0 Å². The van der Waals surface area contributed by atoms with Crippen molar-refractivity contribution >= 4 is 17.3 Å². The first kappa shape index (κ1) is 19.5. The van der Waals surface area contributed by atoms with Crippen LogP contribution in [0.15, 0.2) is 18.2 Å². The molecule has 1 amide bonds. The second-order valence-corrected chi connectivity index (χ2v) is 5.98. The van der Waals surface area contributed by atoms with Crippen LogP contribution in [0.4, 0.5) is 28.9 Å². The molecule has 1 aromatic rings. The van der Waals surface area contributed by atoms with Gasteiger partial charge in [0.2, 0.25) is 5.91 Å². The molecule has 1 fully saturated rings. The maximum absolute atomic E-state index is 14.3. The van der Waals surface area contributed by atoms with Crippen molar-refractivity contribution in [2.24, 2.45) is 0 Å². The van der Waals surface area contributed by atoms with E-state index in [1.165, 1.54) is 12.1 Å². The summed E-state index contributed by atoms with van der Waals surface area (Å²) < 4.78 is 60.0. The Kier molecular flexibility index (Phi) is 6.23. The zero-order valence-electron chi connectivity index (χ0n) is 13.9. The third-order valence-corrected chi connectivity index (χ3v) is 3.49. The van der Waals surface area contributed by atoms with Gasteiger partial charge in [-0.1, -0.05) is 0 Å². The summed E-state index contributed by atoms with van der Waals surface area (Å²) in [5, 5.41) is 2.30. The minimum absolute atomic E-state index is 0.0340. The molecule has 1 N–H and O–H groups in total. The van der Waals surface area contributed by atoms with E-state index in [1.807, 2.05) is 18.7 Å². The van der Waals surface area contributed by atoms with Crippen molar-refractivity contribution in [2.75, 3.05) is 36.5 Å². The van der Waals surface area contributed by atoms with E-state index in [1.54, 1.807) is 0 Å². The molecule has 1 aromatic carbocycles. The van der Waals surface area contributed by atoms with E-state index >= 15 is 0 Å². The first-order valence-electron chi connectivity index (χ1n) is 7.78. The largest absolute Gasteiger partial charge is 0.411 e. The van der Waals surface area contributed by atoms with E-state index < -0.39 is 31.1 Å². The van der Waals surface area contributed by atoms with E-state index in [0.717, 1.165) is 6.07 Å². The van der Waals surface area contributed by atoms with E-state index in [4.69, 9.17) is 4.74 Å². The van der Waals surface area contributed by atoms with Crippen LogP contribution < -0.4 is 10.2 Å². The van der Waals surface area contributed by atoms with Crippen molar-refractivity contribution in [1.82, 2.24) is 0 Å². The molecule has 140 valence electrons. The van der Waals surface area contributed by atoms with Gasteiger partial charge < -0.3 is 19.7 Å². The van der Waals surface area contributed by atoms with Crippen LogP contribution in [-0.4, -0.2) is 50.6 Å². The SMILES string of the molecule is CC1CN(c2ccc(NC(=O)COCC(F)(F)F)cc2F)CC(C)O1. The van der Waals surface area contributed by atoms with E-state index in [2.05, 4.69) is 10.1 Å². The van der Waals surface area contributed by atoms with Crippen LogP contribution in [0.25, 0.3) is 0 Å². The summed E-state index contributed by atoms with van der Waals surface area (Å²) in [4.78, 5) is 13.4. The number of hydrogen-bond acceptors (Lipinski definition) is 4. The Morgan fingerprint density at radius 2 is 1.96 bits per heavy atom. The van der Waals surface area contributed by atoms with Gasteiger partial charge in [-0.2, -0.15) is 13.2 Å². The second-order valence-electron chi connectivity index (χ2n) is 5.98. The lowest BCUT2D eigenvalue weighted by molar-refractivity contribution is -0.174. The lowest BCUT2D eigenvalue weighted by Gasteiger charge is -2.37. The van der Waals surface area contributed by atoms with Crippen LogP contribution >= 0.6 is 0 Å². The number of anilines is 2. The van der Waals surface area contributed by atoms with Crippen LogP contribution in [0, 0.1) is 5.82 Å². The smallest absolute Gasteiger partial charge is 0.372 e. The second kappa shape index (κ2) is 8.01. The molecule has 1 aliphatic rings. The maximum atomic E-state index is 14.3. The van der Waals surface area contributed by atoms with Crippen molar-refractivity contribution in [2.45, 2.75) is 32.2 Å². The van der Waals surface area contributed by atoms with Gasteiger partial charge in [0.15, 0.2) is 0 Å². The van der Waals surface area contributed by atoms with Gasteiger partial charge >= 0.3 is 6.18 Å². The highest BCUT2D eigenvalue weighted by Crippen LogP contribution is 2.26. The third-order valence-electron chi connectivity index (χ3n) is 3.49. The number of benzene rings is 1. The highest BCUT2D eigenvalue weighted by molar-refractivity contribution is 5.91. The van der Waals surface area contributed by atoms with Crippen LogP contribution in [-0.2, 0) is 14.3 Å². The highest BCUT2D eigenvalue weighted by atomic mass is 19.4. The Bertz CT molecular complexity index is 600. The van der Waals surface area contributed by atoms with E-state index in [-0.39, 0.29) is 17.9 Å². The van der Waals surface area contributed by atoms with Gasteiger partial charge in [0.05, 0.1) is 17.9 Å². The molecule has 0 radical (unpaired) electrons. The van der Waals surface area contributed by atoms with Gasteiger partial charge in [0, 0.05) is 18.8 Å². The summed E-state index contributed by atoms with van der Waals surface area (Å²) in [5.41, 5.74) is 0.532. The molecule has 0 aromatic heterocycles. The monoisotopic (exact) mass is 364 g/mol. The van der Waals surface area contributed by atoms with Gasteiger partial charge in [-0.15, -0.1) is 0 Å². The predicted octanol–water partition coefficient (Wildman–Crippen LogP) is 2.96. The molecular weight excluding hydrogens is 344 g/mol. The first-order valence-corrected chi connectivity index (χ1v) is 7.78. The van der Waals surface area contributed by atoms with Crippen molar-refractivity contribution < 1.29 is 31.8 Å². The summed E-state index contributed by atoms with van der Waals surface area (Å²) >= 11 is 0. The minimum Gasteiger partial charge on any atom is -0.372 e. The summed E-state index contributed by atoms with van der Waals surface area (Å²) in [6.07, 6.45) is -4.57. The topological polar surface area (TPSA) is 50.8 Å². The van der Waals surface area contributed by atoms with E-state index in [0.29, 0.717) is 18.8 Å². The van der Waals surface area contributed by atoms with Crippen molar-refractivity contribution in [1.29, 1.82) is 0 Å². The average Bonchev–Trinajstić information content (AvgIpc) is 2.44. The molecule has 2 unspecified atom stereocenters. The van der Waals surface area contributed by atoms with Gasteiger partial charge in [0.1, 0.15) is 19.0 Å². The third kappa shape index (κ3) is 6.17. The Morgan fingerprint density at radius 1 is 1.32 bits per heavy atom. The predicted molar refractivity (Wildman–Crippen MR) is 84.1 cm³/mol. The van der Waals surface area contributed by atoms with Gasteiger partial charge in [0.25, 0.3) is 0 Å². The number of nitrogens with one attached hydrogen (secondary N) is 1. The zero-order chi connectivity index (χ0) is 18.6. The number of nitrogens with zero attached hydrogens (tertiary/aromatic N) is 1. The van der Waals surface area contributed by atoms with E-state index in [9.17, 15) is 22.4 Å². The molecule has 9 heteroatoms. The fourth-order valence-electron chi connectivity index (χ4n) is 2.67. The highest BCUT2D eigenvalue weighted by Gasteiger charge is 2.28. The lowest BCUT2D eigenvalue weighted by Crippen LogP contribution is -2.45. The first-order chi connectivity index (χ1) is 11.6. The Morgan fingerprint density at radius 3 is 2.52 bits per heavy atom. The van der Waals surface area contributed by atoms with Gasteiger partial charge in [-0.05, 0) is 32.0 Å². The van der Waals surface area contributed by atoms with Gasteiger partial charge in [-0.25, -0.2) is 4.39 Å². The lowest BCUT2D eigenvalue weighted by atomic mass is 10.2. The fourth-order valence-corrected chi connectivity index (χ4v) is 2.67. The number of ether oxygens (including phenoxy) is 2. The summed E-state index contributed by atoms with van der Waals surface area (Å²) in [5.74, 6) is -1.32. The molecule has 2 atom stereocenters. The summed E-state index contributed by atoms with van der Waals surface area (Å²) in [6, 6.07) is 4.14. The Labute approximate surface area is 142 Å². The zero-order valence-corrected chi connectivity index (χ0v) is 13.9. The molecule has 2 rings (SSSR count). The fraction of sp³-hybridized carbons (Fsp3) is 0.562. The number of rotatable bonds is 5. The summed E-state index contributed by atoms with van der Waals surface area (Å²) in [7, 11) is 0. The number of carbonyl (C=O) groups excluding carboxylic acids is 1. The van der Waals surface area contributed by atoms with Crippen molar-refractivity contribution in [3.63, 3.8) is 0 Å². The molecule has 25 heavy (non-hydrogen) atoms. The molecule has 1 heterocycles. The number of morpholine rings is 1. The Hall–Kier alpha value is -1.87. The maximum Gasteiger partial charge on any atom is 0.411 e. The molecule has 0 bridgehead atoms. The van der Waals surface area contributed by atoms with Crippen LogP contribution in [0.1, 0.15) is 13.8 Å². The van der Waals surface area contributed by atoms with Crippen LogP contribution in [0.3, 0.4) is 0 Å². The van der Waals surface area contributed by atoms with Crippen molar-refractivity contribution in [3.8, 4) is 0 Å².